The van der Waals surface area contributed by atoms with E-state index in [1.165, 1.54) is 12.1 Å². The summed E-state index contributed by atoms with van der Waals surface area (Å²) in [6, 6.07) is 4.33. The van der Waals surface area contributed by atoms with Crippen LogP contribution in [-0.4, -0.2) is 25.0 Å². The summed E-state index contributed by atoms with van der Waals surface area (Å²) in [4.78, 5) is 11.3. The zero-order valence-corrected chi connectivity index (χ0v) is 10.0. The molecule has 0 radical (unpaired) electrons. The van der Waals surface area contributed by atoms with E-state index in [0.717, 1.165) is 0 Å². The van der Waals surface area contributed by atoms with E-state index in [2.05, 4.69) is 5.43 Å². The number of nitrogens with one attached hydrogen (secondary N) is 1. The quantitative estimate of drug-likeness (QED) is 0.822. The van der Waals surface area contributed by atoms with Gasteiger partial charge in [-0.1, -0.05) is 11.6 Å². The van der Waals surface area contributed by atoms with E-state index in [0.29, 0.717) is 17.0 Å². The highest BCUT2D eigenvalue weighted by Crippen LogP contribution is 2.16. The highest BCUT2D eigenvalue weighted by Gasteiger charge is 2.07. The van der Waals surface area contributed by atoms with Gasteiger partial charge in [0, 0.05) is 25.5 Å². The van der Waals surface area contributed by atoms with Gasteiger partial charge >= 0.3 is 0 Å². The summed E-state index contributed by atoms with van der Waals surface area (Å²) in [6.45, 7) is 0. The Hall–Kier alpha value is -1.13. The van der Waals surface area contributed by atoms with Crippen molar-refractivity contribution >= 4 is 17.5 Å². The summed E-state index contributed by atoms with van der Waals surface area (Å²) in [5.41, 5.74) is 3.05. The number of benzene rings is 1. The SMILES string of the molecule is CN(C)NC(=O)CCc1cc(Cl)ccc1F. The minimum absolute atomic E-state index is 0.149. The number of hydrogen-bond acceptors (Lipinski definition) is 2. The highest BCUT2D eigenvalue weighted by atomic mass is 35.5. The minimum atomic E-state index is -0.331. The Bertz CT molecular complexity index is 382. The molecule has 0 aliphatic rings. The van der Waals surface area contributed by atoms with Crippen molar-refractivity contribution in [3.8, 4) is 0 Å². The fourth-order valence-corrected chi connectivity index (χ4v) is 1.48. The Balaban J connectivity index is 2.54. The Morgan fingerprint density at radius 2 is 2.19 bits per heavy atom. The molecule has 0 spiro atoms. The molecule has 1 amide bonds. The molecule has 1 N–H and O–H groups in total. The van der Waals surface area contributed by atoms with Gasteiger partial charge < -0.3 is 0 Å². The predicted molar refractivity (Wildman–Crippen MR) is 61.6 cm³/mol. The van der Waals surface area contributed by atoms with Crippen LogP contribution in [0.3, 0.4) is 0 Å². The molecular formula is C11H14ClFN2O. The first-order chi connectivity index (χ1) is 7.49. The van der Waals surface area contributed by atoms with Crippen LogP contribution in [0, 0.1) is 5.82 Å². The van der Waals surface area contributed by atoms with Crippen LogP contribution in [0.25, 0.3) is 0 Å². The summed E-state index contributed by atoms with van der Waals surface area (Å²) >= 11 is 5.74. The number of aryl methyl sites for hydroxylation is 1. The molecule has 0 bridgehead atoms. The number of hydrazine groups is 1. The zero-order chi connectivity index (χ0) is 12.1. The Morgan fingerprint density at radius 3 is 2.81 bits per heavy atom. The number of hydrogen-bond donors (Lipinski definition) is 1. The van der Waals surface area contributed by atoms with E-state index < -0.39 is 0 Å². The third kappa shape index (κ3) is 4.16. The summed E-state index contributed by atoms with van der Waals surface area (Å²) in [7, 11) is 3.44. The van der Waals surface area contributed by atoms with Gasteiger partial charge in [0.15, 0.2) is 0 Å². The predicted octanol–water partition coefficient (Wildman–Crippen LogP) is 2.00. The van der Waals surface area contributed by atoms with Crippen LogP contribution in [0.4, 0.5) is 4.39 Å². The lowest BCUT2D eigenvalue weighted by Crippen LogP contribution is -2.36. The lowest BCUT2D eigenvalue weighted by atomic mass is 10.1. The first-order valence-electron chi connectivity index (χ1n) is 4.90. The van der Waals surface area contributed by atoms with E-state index in [1.807, 2.05) is 0 Å². The van der Waals surface area contributed by atoms with E-state index in [1.54, 1.807) is 25.2 Å². The van der Waals surface area contributed by atoms with Crippen molar-refractivity contribution in [2.75, 3.05) is 14.1 Å². The van der Waals surface area contributed by atoms with Gasteiger partial charge in [-0.15, -0.1) is 0 Å². The summed E-state index contributed by atoms with van der Waals surface area (Å²) < 4.78 is 13.3. The van der Waals surface area contributed by atoms with Gasteiger partial charge in [-0.3, -0.25) is 10.2 Å². The molecule has 3 nitrogen and oxygen atoms in total. The van der Waals surface area contributed by atoms with Crippen LogP contribution in [0.15, 0.2) is 18.2 Å². The molecule has 1 aromatic carbocycles. The van der Waals surface area contributed by atoms with Crippen molar-refractivity contribution < 1.29 is 9.18 Å². The van der Waals surface area contributed by atoms with Crippen molar-refractivity contribution in [2.45, 2.75) is 12.8 Å². The maximum Gasteiger partial charge on any atom is 0.234 e. The standard InChI is InChI=1S/C11H14ClFN2O/c1-15(2)14-11(16)6-3-8-7-9(12)4-5-10(8)13/h4-5,7H,3,6H2,1-2H3,(H,14,16). The van der Waals surface area contributed by atoms with Gasteiger partial charge in [0.05, 0.1) is 0 Å². The average Bonchev–Trinajstić information content (AvgIpc) is 2.18. The van der Waals surface area contributed by atoms with Gasteiger partial charge in [0.2, 0.25) is 5.91 Å². The van der Waals surface area contributed by atoms with Crippen molar-refractivity contribution in [3.05, 3.63) is 34.6 Å². The molecule has 0 unspecified atom stereocenters. The highest BCUT2D eigenvalue weighted by molar-refractivity contribution is 6.30. The van der Waals surface area contributed by atoms with Crippen molar-refractivity contribution in [3.63, 3.8) is 0 Å². The number of carbonyl (C=O) groups is 1. The second-order valence-electron chi connectivity index (χ2n) is 3.67. The third-order valence-corrected chi connectivity index (χ3v) is 2.21. The molecular weight excluding hydrogens is 231 g/mol. The van der Waals surface area contributed by atoms with Crippen LogP contribution >= 0.6 is 11.6 Å². The summed E-state index contributed by atoms with van der Waals surface area (Å²) in [5.74, 6) is -0.480. The van der Waals surface area contributed by atoms with Crippen molar-refractivity contribution in [1.82, 2.24) is 10.4 Å². The van der Waals surface area contributed by atoms with Gasteiger partial charge in [0.25, 0.3) is 0 Å². The largest absolute Gasteiger partial charge is 0.289 e. The monoisotopic (exact) mass is 244 g/mol. The molecule has 0 aliphatic heterocycles. The molecule has 0 saturated carbocycles. The lowest BCUT2D eigenvalue weighted by Gasteiger charge is -2.11. The van der Waals surface area contributed by atoms with E-state index in [9.17, 15) is 9.18 Å². The fourth-order valence-electron chi connectivity index (χ4n) is 1.29. The number of carbonyl (C=O) groups excluding carboxylic acids is 1. The Morgan fingerprint density at radius 1 is 1.50 bits per heavy atom. The van der Waals surface area contributed by atoms with Gasteiger partial charge in [-0.05, 0) is 30.2 Å². The van der Waals surface area contributed by atoms with E-state index >= 15 is 0 Å². The average molecular weight is 245 g/mol. The van der Waals surface area contributed by atoms with Crippen LogP contribution in [0.1, 0.15) is 12.0 Å². The van der Waals surface area contributed by atoms with Crippen molar-refractivity contribution in [2.24, 2.45) is 0 Å². The van der Waals surface area contributed by atoms with E-state index in [-0.39, 0.29) is 18.1 Å². The topological polar surface area (TPSA) is 32.3 Å². The number of nitrogens with zero attached hydrogens (tertiary/aromatic N) is 1. The van der Waals surface area contributed by atoms with E-state index in [4.69, 9.17) is 11.6 Å². The second kappa shape index (κ2) is 5.82. The lowest BCUT2D eigenvalue weighted by molar-refractivity contribution is -0.124. The maximum atomic E-state index is 13.3. The number of halogens is 2. The first-order valence-corrected chi connectivity index (χ1v) is 5.27. The molecule has 88 valence electrons. The third-order valence-electron chi connectivity index (χ3n) is 1.98. The molecule has 1 aromatic rings. The first kappa shape index (κ1) is 12.9. The Labute approximate surface area is 99.2 Å². The van der Waals surface area contributed by atoms with Crippen LogP contribution in [-0.2, 0) is 11.2 Å². The van der Waals surface area contributed by atoms with Gasteiger partial charge in [-0.25, -0.2) is 9.40 Å². The van der Waals surface area contributed by atoms with Crippen molar-refractivity contribution in [1.29, 1.82) is 0 Å². The maximum absolute atomic E-state index is 13.3. The zero-order valence-electron chi connectivity index (χ0n) is 9.26. The van der Waals surface area contributed by atoms with Crippen LogP contribution in [0.2, 0.25) is 5.02 Å². The Kier molecular flexibility index (Phi) is 4.71. The molecule has 0 aliphatic carbocycles. The number of rotatable bonds is 4. The molecule has 16 heavy (non-hydrogen) atoms. The van der Waals surface area contributed by atoms with Crippen LogP contribution in [0.5, 0.6) is 0 Å². The fraction of sp³-hybridized carbons (Fsp3) is 0.364. The molecule has 0 aromatic heterocycles. The summed E-state index contributed by atoms with van der Waals surface area (Å²) in [5, 5.41) is 2.03. The second-order valence-corrected chi connectivity index (χ2v) is 4.10. The molecule has 0 saturated heterocycles. The van der Waals surface area contributed by atoms with Gasteiger partial charge in [0.1, 0.15) is 5.82 Å². The number of amides is 1. The normalized spacial score (nSPS) is 10.6. The minimum Gasteiger partial charge on any atom is -0.289 e. The molecule has 0 atom stereocenters. The molecule has 0 fully saturated rings. The molecule has 5 heteroatoms. The smallest absolute Gasteiger partial charge is 0.234 e. The summed E-state index contributed by atoms with van der Waals surface area (Å²) in [6.07, 6.45) is 0.571. The van der Waals surface area contributed by atoms with Crippen LogP contribution < -0.4 is 5.43 Å². The molecule has 0 heterocycles. The molecule has 1 rings (SSSR count). The van der Waals surface area contributed by atoms with Gasteiger partial charge in [-0.2, -0.15) is 0 Å².